The number of aryl methyl sites for hydroxylation is 1. The highest BCUT2D eigenvalue weighted by molar-refractivity contribution is 7.89. The van der Waals surface area contributed by atoms with Gasteiger partial charge in [0.2, 0.25) is 21.8 Å². The van der Waals surface area contributed by atoms with Gasteiger partial charge in [-0.3, -0.25) is 9.59 Å². The summed E-state index contributed by atoms with van der Waals surface area (Å²) in [5.41, 5.74) is 2.06. The summed E-state index contributed by atoms with van der Waals surface area (Å²) in [6.07, 6.45) is 0.990. The smallest absolute Gasteiger partial charge is 0.242 e. The molecule has 0 saturated heterocycles. The number of hydrogen-bond acceptors (Lipinski definition) is 4. The van der Waals surface area contributed by atoms with E-state index >= 15 is 0 Å². The predicted octanol–water partition coefficient (Wildman–Crippen LogP) is 2.95. The lowest BCUT2D eigenvalue weighted by Gasteiger charge is -2.30. The third-order valence-corrected chi connectivity index (χ3v) is 7.29. The van der Waals surface area contributed by atoms with Crippen molar-refractivity contribution in [2.45, 2.75) is 50.6 Å². The van der Waals surface area contributed by atoms with Gasteiger partial charge in [0.1, 0.15) is 6.04 Å². The molecule has 2 amide bonds. The molecule has 2 aromatic carbocycles. The Morgan fingerprint density at radius 2 is 1.66 bits per heavy atom. The molecule has 1 N–H and O–H groups in total. The van der Waals surface area contributed by atoms with Crippen LogP contribution < -0.4 is 5.32 Å². The molecular weight excluding hydrogens is 426 g/mol. The van der Waals surface area contributed by atoms with Crippen molar-refractivity contribution in [3.63, 3.8) is 0 Å². The van der Waals surface area contributed by atoms with Gasteiger partial charge in [-0.05, 0) is 37.5 Å². The lowest BCUT2D eigenvalue weighted by molar-refractivity contribution is -0.141. The number of likely N-dealkylation sites (N-methyl/N-ethyl adjacent to an activating group) is 1. The highest BCUT2D eigenvalue weighted by atomic mass is 32.2. The first-order valence-corrected chi connectivity index (χ1v) is 12.2. The van der Waals surface area contributed by atoms with Crippen molar-refractivity contribution >= 4 is 21.8 Å². The van der Waals surface area contributed by atoms with Gasteiger partial charge in [-0.2, -0.15) is 0 Å². The highest BCUT2D eigenvalue weighted by Gasteiger charge is 2.28. The van der Waals surface area contributed by atoms with E-state index in [1.807, 2.05) is 38.1 Å². The monoisotopic (exact) mass is 459 g/mol. The number of carbonyl (C=O) groups is 2. The van der Waals surface area contributed by atoms with Gasteiger partial charge in [0.25, 0.3) is 0 Å². The molecule has 0 saturated carbocycles. The molecule has 0 fully saturated rings. The van der Waals surface area contributed by atoms with Crippen molar-refractivity contribution in [2.75, 3.05) is 20.6 Å². The Morgan fingerprint density at radius 3 is 2.22 bits per heavy atom. The molecule has 2 aromatic rings. The van der Waals surface area contributed by atoms with Gasteiger partial charge in [0.05, 0.1) is 4.90 Å². The average Bonchev–Trinajstić information content (AvgIpc) is 2.80. The first kappa shape index (κ1) is 25.5. The Labute approximate surface area is 191 Å². The average molecular weight is 460 g/mol. The lowest BCUT2D eigenvalue weighted by atomic mass is 10.1. The van der Waals surface area contributed by atoms with Crippen LogP contribution in [0.15, 0.2) is 59.5 Å². The number of benzene rings is 2. The van der Waals surface area contributed by atoms with Gasteiger partial charge in [0, 0.05) is 33.6 Å². The largest absolute Gasteiger partial charge is 0.357 e. The molecule has 0 unspecified atom stereocenters. The van der Waals surface area contributed by atoms with Crippen LogP contribution in [0.25, 0.3) is 0 Å². The molecule has 0 radical (unpaired) electrons. The zero-order valence-corrected chi connectivity index (χ0v) is 20.1. The minimum Gasteiger partial charge on any atom is -0.357 e. The molecular formula is C24H33N3O4S. The van der Waals surface area contributed by atoms with Gasteiger partial charge in [0.15, 0.2) is 0 Å². The number of amides is 2. The van der Waals surface area contributed by atoms with Crippen molar-refractivity contribution in [1.29, 1.82) is 0 Å². The van der Waals surface area contributed by atoms with Crippen LogP contribution in [0, 0.1) is 6.92 Å². The summed E-state index contributed by atoms with van der Waals surface area (Å²) in [4.78, 5) is 27.3. The Morgan fingerprint density at radius 1 is 1.03 bits per heavy atom. The van der Waals surface area contributed by atoms with Crippen LogP contribution in [0.2, 0.25) is 0 Å². The number of nitrogens with one attached hydrogen (secondary N) is 1. The predicted molar refractivity (Wildman–Crippen MR) is 125 cm³/mol. The molecule has 0 bridgehead atoms. The second kappa shape index (κ2) is 11.8. The molecule has 0 aliphatic carbocycles. The number of carbonyl (C=O) groups excluding carboxylic acids is 2. The maximum Gasteiger partial charge on any atom is 0.242 e. The highest BCUT2D eigenvalue weighted by Crippen LogP contribution is 2.17. The Bertz CT molecular complexity index is 992. The fourth-order valence-electron chi connectivity index (χ4n) is 3.47. The van der Waals surface area contributed by atoms with Gasteiger partial charge in [-0.25, -0.2) is 12.7 Å². The van der Waals surface area contributed by atoms with Crippen LogP contribution in [-0.2, 0) is 26.2 Å². The number of rotatable bonds is 11. The van der Waals surface area contributed by atoms with E-state index in [0.717, 1.165) is 11.1 Å². The fourth-order valence-corrected chi connectivity index (χ4v) is 4.70. The quantitative estimate of drug-likeness (QED) is 0.560. The van der Waals surface area contributed by atoms with Crippen molar-refractivity contribution in [3.8, 4) is 0 Å². The minimum atomic E-state index is -3.60. The molecule has 0 aliphatic rings. The van der Waals surface area contributed by atoms with Gasteiger partial charge >= 0.3 is 0 Å². The standard InChI is InChI=1S/C24H33N3O4S/c1-5-22(24(29)25-3)27(18-20-15-13-19(2)14-16-20)23(28)12-9-17-26(4)32(30,31)21-10-7-6-8-11-21/h6-8,10-11,13-16,22H,5,9,12,17-18H2,1-4H3,(H,25,29)/t22-/m0/s1. The van der Waals surface area contributed by atoms with Crippen molar-refractivity contribution in [3.05, 3.63) is 65.7 Å². The number of hydrogen-bond donors (Lipinski definition) is 1. The molecule has 174 valence electrons. The molecule has 0 spiro atoms. The van der Waals surface area contributed by atoms with Gasteiger partial charge < -0.3 is 10.2 Å². The minimum absolute atomic E-state index is 0.147. The summed E-state index contributed by atoms with van der Waals surface area (Å²) in [6.45, 7) is 4.39. The fraction of sp³-hybridized carbons (Fsp3) is 0.417. The normalized spacial score (nSPS) is 12.4. The van der Waals surface area contributed by atoms with Crippen molar-refractivity contribution in [2.24, 2.45) is 0 Å². The first-order chi connectivity index (χ1) is 15.2. The van der Waals surface area contributed by atoms with Crippen LogP contribution in [0.5, 0.6) is 0 Å². The molecule has 8 heteroatoms. The Kier molecular flexibility index (Phi) is 9.41. The summed E-state index contributed by atoms with van der Waals surface area (Å²) < 4.78 is 26.6. The second-order valence-electron chi connectivity index (χ2n) is 7.79. The van der Waals surface area contributed by atoms with Gasteiger partial charge in [-0.1, -0.05) is 55.0 Å². The summed E-state index contributed by atoms with van der Waals surface area (Å²) in [5.74, 6) is -0.386. The molecule has 0 aliphatic heterocycles. The van der Waals surface area contributed by atoms with E-state index in [-0.39, 0.29) is 29.7 Å². The van der Waals surface area contributed by atoms with Crippen LogP contribution in [0.1, 0.15) is 37.3 Å². The van der Waals surface area contributed by atoms with Gasteiger partial charge in [-0.15, -0.1) is 0 Å². The molecule has 0 heterocycles. The molecule has 7 nitrogen and oxygen atoms in total. The molecule has 2 rings (SSSR count). The summed E-state index contributed by atoms with van der Waals surface area (Å²) in [5, 5.41) is 2.64. The van der Waals surface area contributed by atoms with E-state index in [1.165, 1.54) is 11.4 Å². The van der Waals surface area contributed by atoms with Crippen molar-refractivity contribution in [1.82, 2.24) is 14.5 Å². The molecule has 0 aromatic heterocycles. The van der Waals surface area contributed by atoms with Crippen LogP contribution >= 0.6 is 0 Å². The topological polar surface area (TPSA) is 86.8 Å². The molecule has 1 atom stereocenters. The second-order valence-corrected chi connectivity index (χ2v) is 9.83. The van der Waals surface area contributed by atoms with E-state index in [0.29, 0.717) is 19.4 Å². The summed E-state index contributed by atoms with van der Waals surface area (Å²) >= 11 is 0. The van der Waals surface area contributed by atoms with Crippen molar-refractivity contribution < 1.29 is 18.0 Å². The summed E-state index contributed by atoms with van der Waals surface area (Å²) in [6, 6.07) is 15.5. The number of nitrogens with zero attached hydrogens (tertiary/aromatic N) is 2. The SMILES string of the molecule is CC[C@@H](C(=O)NC)N(Cc1ccc(C)cc1)C(=O)CCCN(C)S(=O)(=O)c1ccccc1. The zero-order chi connectivity index (χ0) is 23.7. The van der Waals surface area contributed by atoms with E-state index in [2.05, 4.69) is 5.32 Å². The van der Waals surface area contributed by atoms with Crippen LogP contribution in [-0.4, -0.2) is 56.1 Å². The van der Waals surface area contributed by atoms with Crippen LogP contribution in [0.3, 0.4) is 0 Å². The third-order valence-electron chi connectivity index (χ3n) is 5.42. The van der Waals surface area contributed by atoms with E-state index < -0.39 is 16.1 Å². The maximum atomic E-state index is 13.1. The first-order valence-electron chi connectivity index (χ1n) is 10.8. The van der Waals surface area contributed by atoms with Crippen LogP contribution in [0.4, 0.5) is 0 Å². The molecule has 32 heavy (non-hydrogen) atoms. The Balaban J connectivity index is 2.08. The summed E-state index contributed by atoms with van der Waals surface area (Å²) in [7, 11) is -0.535. The Hall–Kier alpha value is -2.71. The maximum absolute atomic E-state index is 13.1. The van der Waals surface area contributed by atoms with E-state index in [9.17, 15) is 18.0 Å². The zero-order valence-electron chi connectivity index (χ0n) is 19.2. The number of sulfonamides is 1. The van der Waals surface area contributed by atoms with E-state index in [1.54, 1.807) is 42.3 Å². The third kappa shape index (κ3) is 6.64. The lowest BCUT2D eigenvalue weighted by Crippen LogP contribution is -2.48. The van der Waals surface area contributed by atoms with E-state index in [4.69, 9.17) is 0 Å².